The molecule has 0 radical (unpaired) electrons. The second-order valence-corrected chi connectivity index (χ2v) is 7.36. The summed E-state index contributed by atoms with van der Waals surface area (Å²) < 4.78 is 38.8. The number of rotatable bonds is 9. The number of nitrogens with zero attached hydrogens (tertiary/aromatic N) is 1. The fourth-order valence-corrected chi connectivity index (χ4v) is 3.82. The van der Waals surface area contributed by atoms with Gasteiger partial charge in [0.25, 0.3) is 0 Å². The number of alkyl halides is 3. The second kappa shape index (κ2) is 9.90. The Morgan fingerprint density at radius 1 is 1.30 bits per heavy atom. The van der Waals surface area contributed by atoms with Gasteiger partial charge in [-0.2, -0.15) is 13.2 Å². The highest BCUT2D eigenvalue weighted by atomic mass is 32.1. The first-order chi connectivity index (χ1) is 12.9. The van der Waals surface area contributed by atoms with Crippen molar-refractivity contribution in [3.8, 4) is 10.4 Å². The Hall–Kier alpha value is -1.86. The summed E-state index contributed by atoms with van der Waals surface area (Å²) in [5.41, 5.74) is 8.46. The quantitative estimate of drug-likeness (QED) is 0.558. The van der Waals surface area contributed by atoms with E-state index in [0.29, 0.717) is 5.69 Å². The lowest BCUT2D eigenvalue weighted by Gasteiger charge is -2.16. The van der Waals surface area contributed by atoms with Crippen molar-refractivity contribution < 1.29 is 13.2 Å². The lowest BCUT2D eigenvalue weighted by Crippen LogP contribution is -2.38. The fourth-order valence-electron chi connectivity index (χ4n) is 2.86. The summed E-state index contributed by atoms with van der Waals surface area (Å²) in [4.78, 5) is 5.28. The summed E-state index contributed by atoms with van der Waals surface area (Å²) in [6, 6.07) is 3.94. The standard InChI is InChI=1S/C20H26F3N3S/c1-3-4-5-6-7-14-9-11-27-19(14)15-8-10-26-17(12-15)16(24)13-18(25-2)20(21,22)23/h8-13,18,25H,3-7,24H2,1-2H3/b16-13-. The van der Waals surface area contributed by atoms with Crippen LogP contribution in [0.15, 0.2) is 35.9 Å². The van der Waals surface area contributed by atoms with E-state index in [1.165, 1.54) is 31.9 Å². The maximum absolute atomic E-state index is 12.9. The molecule has 0 saturated heterocycles. The molecule has 3 nitrogen and oxygen atoms in total. The summed E-state index contributed by atoms with van der Waals surface area (Å²) >= 11 is 1.63. The van der Waals surface area contributed by atoms with E-state index in [1.54, 1.807) is 23.6 Å². The molecular formula is C20H26F3N3S. The minimum atomic E-state index is -4.41. The van der Waals surface area contributed by atoms with Gasteiger partial charge in [0.1, 0.15) is 6.04 Å². The number of nitrogens with two attached hydrogens (primary N) is 1. The minimum absolute atomic E-state index is 0.00887. The Balaban J connectivity index is 2.22. The van der Waals surface area contributed by atoms with Crippen molar-refractivity contribution >= 4 is 17.0 Å². The van der Waals surface area contributed by atoms with Crippen molar-refractivity contribution in [1.29, 1.82) is 0 Å². The molecule has 0 aromatic carbocycles. The molecule has 0 saturated carbocycles. The van der Waals surface area contributed by atoms with Gasteiger partial charge in [-0.3, -0.25) is 4.98 Å². The predicted octanol–water partition coefficient (Wildman–Crippen LogP) is 5.38. The molecule has 0 aliphatic rings. The van der Waals surface area contributed by atoms with Crippen molar-refractivity contribution in [2.24, 2.45) is 5.73 Å². The van der Waals surface area contributed by atoms with E-state index in [1.807, 2.05) is 11.4 Å². The van der Waals surface area contributed by atoms with Crippen LogP contribution in [0.3, 0.4) is 0 Å². The summed E-state index contributed by atoms with van der Waals surface area (Å²) in [5, 5.41) is 4.27. The molecule has 2 aromatic heterocycles. The smallest absolute Gasteiger partial charge is 0.397 e. The third-order valence-corrected chi connectivity index (χ3v) is 5.38. The van der Waals surface area contributed by atoms with Crippen LogP contribution >= 0.6 is 11.3 Å². The summed E-state index contributed by atoms with van der Waals surface area (Å²) in [5.74, 6) is 0. The van der Waals surface area contributed by atoms with Crippen LogP contribution in [0.1, 0.15) is 43.9 Å². The third-order valence-electron chi connectivity index (χ3n) is 4.37. The molecular weight excluding hydrogens is 371 g/mol. The highest BCUT2D eigenvalue weighted by Gasteiger charge is 2.37. The highest BCUT2D eigenvalue weighted by molar-refractivity contribution is 7.13. The van der Waals surface area contributed by atoms with Crippen LogP contribution in [0.25, 0.3) is 16.1 Å². The van der Waals surface area contributed by atoms with E-state index < -0.39 is 12.2 Å². The lowest BCUT2D eigenvalue weighted by molar-refractivity contribution is -0.143. The van der Waals surface area contributed by atoms with Gasteiger partial charge in [-0.1, -0.05) is 26.2 Å². The number of unbranched alkanes of at least 4 members (excludes halogenated alkanes) is 3. The van der Waals surface area contributed by atoms with Crippen LogP contribution in [-0.4, -0.2) is 24.2 Å². The van der Waals surface area contributed by atoms with Gasteiger partial charge in [-0.15, -0.1) is 11.3 Å². The number of likely N-dealkylation sites (N-methyl/N-ethyl adjacent to an activating group) is 1. The molecule has 0 bridgehead atoms. The Bertz CT molecular complexity index is 753. The number of hydrogen-bond acceptors (Lipinski definition) is 4. The van der Waals surface area contributed by atoms with Crippen LogP contribution in [-0.2, 0) is 6.42 Å². The molecule has 1 atom stereocenters. The van der Waals surface area contributed by atoms with E-state index in [9.17, 15) is 13.2 Å². The number of aromatic nitrogens is 1. The summed E-state index contributed by atoms with van der Waals surface area (Å²) in [6.07, 6.45) is 3.90. The van der Waals surface area contributed by atoms with Gasteiger partial charge in [0.2, 0.25) is 0 Å². The molecule has 0 amide bonds. The number of aryl methyl sites for hydroxylation is 1. The van der Waals surface area contributed by atoms with Gasteiger partial charge < -0.3 is 11.1 Å². The molecule has 0 fully saturated rings. The van der Waals surface area contributed by atoms with Crippen molar-refractivity contribution in [2.75, 3.05) is 7.05 Å². The zero-order valence-electron chi connectivity index (χ0n) is 15.6. The van der Waals surface area contributed by atoms with Crippen LogP contribution in [0, 0.1) is 0 Å². The monoisotopic (exact) mass is 397 g/mol. The Morgan fingerprint density at radius 3 is 2.74 bits per heavy atom. The summed E-state index contributed by atoms with van der Waals surface area (Å²) in [7, 11) is 1.25. The molecule has 27 heavy (non-hydrogen) atoms. The average molecular weight is 398 g/mol. The second-order valence-electron chi connectivity index (χ2n) is 6.45. The molecule has 3 N–H and O–H groups in total. The third kappa shape index (κ3) is 6.07. The first kappa shape index (κ1) is 21.4. The number of thiophene rings is 1. The Morgan fingerprint density at radius 2 is 2.07 bits per heavy atom. The normalized spacial score (nSPS) is 13.7. The average Bonchev–Trinajstić information content (AvgIpc) is 3.10. The Labute approximate surface area is 162 Å². The van der Waals surface area contributed by atoms with Gasteiger partial charge in [0, 0.05) is 11.1 Å². The van der Waals surface area contributed by atoms with Crippen molar-refractivity contribution in [2.45, 2.75) is 51.2 Å². The first-order valence-electron chi connectivity index (χ1n) is 9.11. The number of pyridine rings is 1. The topological polar surface area (TPSA) is 50.9 Å². The zero-order valence-corrected chi connectivity index (χ0v) is 16.5. The lowest BCUT2D eigenvalue weighted by atomic mass is 10.0. The largest absolute Gasteiger partial charge is 0.407 e. The molecule has 2 heterocycles. The number of halogens is 3. The van der Waals surface area contributed by atoms with E-state index in [-0.39, 0.29) is 5.70 Å². The van der Waals surface area contributed by atoms with Gasteiger partial charge >= 0.3 is 6.18 Å². The fraction of sp³-hybridized carbons (Fsp3) is 0.450. The highest BCUT2D eigenvalue weighted by Crippen LogP contribution is 2.32. The van der Waals surface area contributed by atoms with E-state index in [0.717, 1.165) is 29.4 Å². The first-order valence-corrected chi connectivity index (χ1v) is 9.99. The predicted molar refractivity (Wildman–Crippen MR) is 106 cm³/mol. The van der Waals surface area contributed by atoms with Gasteiger partial charge in [-0.25, -0.2) is 0 Å². The van der Waals surface area contributed by atoms with Crippen molar-refractivity contribution in [3.63, 3.8) is 0 Å². The van der Waals surface area contributed by atoms with Gasteiger partial charge in [0.05, 0.1) is 11.4 Å². The van der Waals surface area contributed by atoms with E-state index in [4.69, 9.17) is 5.73 Å². The SMILES string of the molecule is CCCCCCc1ccsc1-c1ccnc(/C(N)=C/C(NC)C(F)(F)F)c1. The van der Waals surface area contributed by atoms with Crippen molar-refractivity contribution in [1.82, 2.24) is 10.3 Å². The van der Waals surface area contributed by atoms with Crippen LogP contribution in [0.4, 0.5) is 13.2 Å². The number of hydrogen-bond donors (Lipinski definition) is 2. The molecule has 0 spiro atoms. The molecule has 2 rings (SSSR count). The summed E-state index contributed by atoms with van der Waals surface area (Å²) in [6.45, 7) is 2.18. The maximum Gasteiger partial charge on any atom is 0.407 e. The molecule has 7 heteroatoms. The molecule has 0 aliphatic heterocycles. The molecule has 1 unspecified atom stereocenters. The number of nitrogens with one attached hydrogen (secondary N) is 1. The van der Waals surface area contributed by atoms with Crippen LogP contribution in [0.2, 0.25) is 0 Å². The molecule has 0 aliphatic carbocycles. The zero-order chi connectivity index (χ0) is 19.9. The van der Waals surface area contributed by atoms with Crippen LogP contribution in [0.5, 0.6) is 0 Å². The van der Waals surface area contributed by atoms with Gasteiger partial charge in [0.15, 0.2) is 0 Å². The van der Waals surface area contributed by atoms with E-state index in [2.05, 4.69) is 23.3 Å². The molecule has 2 aromatic rings. The van der Waals surface area contributed by atoms with Crippen LogP contribution < -0.4 is 11.1 Å². The maximum atomic E-state index is 12.9. The minimum Gasteiger partial charge on any atom is -0.397 e. The van der Waals surface area contributed by atoms with Crippen molar-refractivity contribution in [3.05, 3.63) is 47.1 Å². The Kier molecular flexibility index (Phi) is 7.86. The molecule has 148 valence electrons. The van der Waals surface area contributed by atoms with E-state index >= 15 is 0 Å². The van der Waals surface area contributed by atoms with Gasteiger partial charge in [-0.05, 0) is 60.7 Å².